The van der Waals surface area contributed by atoms with E-state index in [-0.39, 0.29) is 11.4 Å². The van der Waals surface area contributed by atoms with Crippen LogP contribution in [0.25, 0.3) is 10.9 Å². The van der Waals surface area contributed by atoms with Crippen LogP contribution in [-0.4, -0.2) is 33.9 Å². The normalized spacial score (nSPS) is 24.1. The van der Waals surface area contributed by atoms with Crippen molar-refractivity contribution in [3.8, 4) is 11.5 Å². The second kappa shape index (κ2) is 6.35. The highest BCUT2D eigenvalue weighted by atomic mass is 32.2. The Balaban J connectivity index is 1.75. The first-order valence-corrected chi connectivity index (χ1v) is 9.82. The number of nitrogens with one attached hydrogen (secondary N) is 1. The molecular formula is C17H22N2O3S. The summed E-state index contributed by atoms with van der Waals surface area (Å²) in [5, 5.41) is 0.969. The minimum atomic E-state index is -2.44. The molecule has 0 saturated heterocycles. The molecule has 1 aromatic heterocycles. The molecule has 1 fully saturated rings. The smallest absolute Gasteiger partial charge is 0.130 e. The van der Waals surface area contributed by atoms with Crippen LogP contribution in [0.5, 0.6) is 11.5 Å². The SMILES string of the molecule is COc1ccc2c(OC3CCC(S(C)(=N)=O)CC3)ccnc2c1. The van der Waals surface area contributed by atoms with E-state index in [1.165, 1.54) is 0 Å². The molecule has 23 heavy (non-hydrogen) atoms. The van der Waals surface area contributed by atoms with Crippen LogP contribution in [0, 0.1) is 4.78 Å². The lowest BCUT2D eigenvalue weighted by atomic mass is 9.97. The van der Waals surface area contributed by atoms with Crippen molar-refractivity contribution in [2.45, 2.75) is 37.0 Å². The van der Waals surface area contributed by atoms with E-state index < -0.39 is 9.73 Å². The number of aromatic nitrogens is 1. The molecule has 2 aromatic rings. The zero-order valence-electron chi connectivity index (χ0n) is 13.5. The molecule has 0 amide bonds. The summed E-state index contributed by atoms with van der Waals surface area (Å²) in [6.07, 6.45) is 6.66. The molecule has 1 atom stereocenters. The standard InChI is InChI=1S/C17H22N2O3S/c1-21-13-5-8-15-16(11-13)19-10-9-17(15)22-12-3-6-14(7-4-12)23(2,18)20/h5,8-12,14,18H,3-4,6-7H2,1-2H3. The molecule has 3 rings (SSSR count). The number of nitrogens with zero attached hydrogens (tertiary/aromatic N) is 1. The predicted molar refractivity (Wildman–Crippen MR) is 91.8 cm³/mol. The third-order valence-electron chi connectivity index (χ3n) is 4.46. The van der Waals surface area contributed by atoms with E-state index in [4.69, 9.17) is 14.3 Å². The molecule has 1 aliphatic carbocycles. The maximum atomic E-state index is 11.8. The van der Waals surface area contributed by atoms with Gasteiger partial charge in [-0.1, -0.05) is 0 Å². The van der Waals surface area contributed by atoms with Crippen molar-refractivity contribution in [3.05, 3.63) is 30.5 Å². The van der Waals surface area contributed by atoms with Crippen LogP contribution in [-0.2, 0) is 9.73 Å². The first kappa shape index (κ1) is 16.1. The Hall–Kier alpha value is -1.82. The number of ether oxygens (including phenoxy) is 2. The molecule has 0 bridgehead atoms. The van der Waals surface area contributed by atoms with Crippen LogP contribution >= 0.6 is 0 Å². The van der Waals surface area contributed by atoms with Crippen molar-refractivity contribution in [1.29, 1.82) is 4.78 Å². The van der Waals surface area contributed by atoms with Crippen LogP contribution in [0.15, 0.2) is 30.5 Å². The maximum absolute atomic E-state index is 11.8. The third-order valence-corrected chi connectivity index (χ3v) is 6.20. The lowest BCUT2D eigenvalue weighted by molar-refractivity contribution is 0.158. The van der Waals surface area contributed by atoms with Crippen molar-refractivity contribution in [2.75, 3.05) is 13.4 Å². The fraction of sp³-hybridized carbons (Fsp3) is 0.471. The van der Waals surface area contributed by atoms with Crippen LogP contribution in [0.2, 0.25) is 0 Å². The predicted octanol–water partition coefficient (Wildman–Crippen LogP) is 3.61. The van der Waals surface area contributed by atoms with Crippen LogP contribution in [0.1, 0.15) is 25.7 Å². The highest BCUT2D eigenvalue weighted by Gasteiger charge is 2.27. The van der Waals surface area contributed by atoms with Gasteiger partial charge >= 0.3 is 0 Å². The lowest BCUT2D eigenvalue weighted by Crippen LogP contribution is -2.30. The molecular weight excluding hydrogens is 312 g/mol. The first-order valence-electron chi connectivity index (χ1n) is 7.79. The molecule has 1 heterocycles. The zero-order valence-corrected chi connectivity index (χ0v) is 14.3. The summed E-state index contributed by atoms with van der Waals surface area (Å²) in [5.74, 6) is 1.60. The molecule has 1 aliphatic rings. The summed E-state index contributed by atoms with van der Waals surface area (Å²) >= 11 is 0. The van der Waals surface area contributed by atoms with E-state index in [9.17, 15) is 4.21 Å². The number of hydrogen-bond acceptors (Lipinski definition) is 5. The van der Waals surface area contributed by atoms with E-state index in [0.29, 0.717) is 0 Å². The van der Waals surface area contributed by atoms with Gasteiger partial charge in [0.05, 0.1) is 18.7 Å². The molecule has 1 N–H and O–H groups in total. The first-order chi connectivity index (χ1) is 11.0. The number of pyridine rings is 1. The van der Waals surface area contributed by atoms with Gasteiger partial charge in [-0.15, -0.1) is 0 Å². The van der Waals surface area contributed by atoms with Gasteiger partial charge in [-0.25, -0.2) is 4.21 Å². The highest BCUT2D eigenvalue weighted by Crippen LogP contribution is 2.31. The van der Waals surface area contributed by atoms with Crippen molar-refractivity contribution in [3.63, 3.8) is 0 Å². The largest absolute Gasteiger partial charge is 0.497 e. The van der Waals surface area contributed by atoms with Gasteiger partial charge < -0.3 is 9.47 Å². The molecule has 5 nitrogen and oxygen atoms in total. The second-order valence-electron chi connectivity index (χ2n) is 6.11. The molecule has 0 spiro atoms. The van der Waals surface area contributed by atoms with Gasteiger partial charge in [0.1, 0.15) is 11.5 Å². The average Bonchev–Trinajstić information content (AvgIpc) is 2.54. The Bertz CT molecular complexity index is 797. The summed E-state index contributed by atoms with van der Waals surface area (Å²) in [6, 6.07) is 7.64. The van der Waals surface area contributed by atoms with Crippen molar-refractivity contribution in [2.24, 2.45) is 0 Å². The van der Waals surface area contributed by atoms with E-state index in [1.54, 1.807) is 19.6 Å². The molecule has 0 radical (unpaired) electrons. The molecule has 0 aliphatic heterocycles. The van der Waals surface area contributed by atoms with Gasteiger partial charge in [0, 0.05) is 38.9 Å². The van der Waals surface area contributed by atoms with Gasteiger partial charge in [-0.2, -0.15) is 0 Å². The zero-order chi connectivity index (χ0) is 16.4. The average molecular weight is 334 g/mol. The van der Waals surface area contributed by atoms with Crippen molar-refractivity contribution < 1.29 is 13.7 Å². The summed E-state index contributed by atoms with van der Waals surface area (Å²) in [5.41, 5.74) is 0.846. The van der Waals surface area contributed by atoms with Gasteiger partial charge in [0.15, 0.2) is 0 Å². The van der Waals surface area contributed by atoms with E-state index >= 15 is 0 Å². The number of rotatable bonds is 4. The minimum Gasteiger partial charge on any atom is -0.497 e. The fourth-order valence-corrected chi connectivity index (χ4v) is 4.28. The Morgan fingerprint density at radius 1 is 1.22 bits per heavy atom. The molecule has 1 unspecified atom stereocenters. The summed E-state index contributed by atoms with van der Waals surface area (Å²) < 4.78 is 31.0. The number of methoxy groups -OCH3 is 1. The van der Waals surface area contributed by atoms with Crippen LogP contribution in [0.3, 0.4) is 0 Å². The fourth-order valence-electron chi connectivity index (χ4n) is 3.11. The topological polar surface area (TPSA) is 72.3 Å². The molecule has 124 valence electrons. The Morgan fingerprint density at radius 3 is 2.61 bits per heavy atom. The second-order valence-corrected chi connectivity index (χ2v) is 8.59. The third kappa shape index (κ3) is 3.58. The Kier molecular flexibility index (Phi) is 4.43. The van der Waals surface area contributed by atoms with Gasteiger partial charge in [0.25, 0.3) is 0 Å². The monoisotopic (exact) mass is 334 g/mol. The number of fused-ring (bicyclic) bond motifs is 1. The summed E-state index contributed by atoms with van der Waals surface area (Å²) in [4.78, 5) is 4.37. The van der Waals surface area contributed by atoms with E-state index in [1.807, 2.05) is 24.3 Å². The Morgan fingerprint density at radius 2 is 1.96 bits per heavy atom. The quantitative estimate of drug-likeness (QED) is 0.927. The van der Waals surface area contributed by atoms with Crippen LogP contribution < -0.4 is 9.47 Å². The maximum Gasteiger partial charge on any atom is 0.130 e. The minimum absolute atomic E-state index is 0.000736. The van der Waals surface area contributed by atoms with Gasteiger partial charge in [-0.05, 0) is 43.9 Å². The van der Waals surface area contributed by atoms with E-state index in [0.717, 1.165) is 48.1 Å². The molecule has 6 heteroatoms. The van der Waals surface area contributed by atoms with Crippen molar-refractivity contribution in [1.82, 2.24) is 4.98 Å². The van der Waals surface area contributed by atoms with E-state index in [2.05, 4.69) is 4.98 Å². The van der Waals surface area contributed by atoms with Crippen molar-refractivity contribution >= 4 is 20.6 Å². The van der Waals surface area contributed by atoms with Gasteiger partial charge in [0.2, 0.25) is 0 Å². The molecule has 1 aromatic carbocycles. The van der Waals surface area contributed by atoms with Gasteiger partial charge in [-0.3, -0.25) is 9.76 Å². The lowest BCUT2D eigenvalue weighted by Gasteiger charge is -2.29. The summed E-state index contributed by atoms with van der Waals surface area (Å²) in [7, 11) is -0.807. The highest BCUT2D eigenvalue weighted by molar-refractivity contribution is 7.92. The summed E-state index contributed by atoms with van der Waals surface area (Å²) in [6.45, 7) is 0. The number of hydrogen-bond donors (Lipinski definition) is 1. The van der Waals surface area contributed by atoms with Crippen LogP contribution in [0.4, 0.5) is 0 Å². The number of benzene rings is 1. The Labute approximate surface area is 137 Å². The molecule has 1 saturated carbocycles.